The number of amides is 1. The summed E-state index contributed by atoms with van der Waals surface area (Å²) >= 11 is 0. The van der Waals surface area contributed by atoms with Gasteiger partial charge in [-0.25, -0.2) is 4.39 Å². The zero-order valence-electron chi connectivity index (χ0n) is 11.3. The van der Waals surface area contributed by atoms with Crippen molar-refractivity contribution in [2.75, 3.05) is 5.32 Å². The van der Waals surface area contributed by atoms with Crippen LogP contribution < -0.4 is 5.32 Å². The Bertz CT molecular complexity index is 635. The zero-order chi connectivity index (χ0) is 14.0. The molecule has 0 radical (unpaired) electrons. The van der Waals surface area contributed by atoms with Gasteiger partial charge in [-0.2, -0.15) is 0 Å². The molecule has 2 rings (SSSR count). The number of benzene rings is 2. The van der Waals surface area contributed by atoms with Gasteiger partial charge < -0.3 is 5.32 Å². The van der Waals surface area contributed by atoms with E-state index in [1.54, 1.807) is 12.1 Å². The van der Waals surface area contributed by atoms with Gasteiger partial charge in [0.05, 0.1) is 5.56 Å². The van der Waals surface area contributed by atoms with Gasteiger partial charge in [-0.1, -0.05) is 17.7 Å². The highest BCUT2D eigenvalue weighted by molar-refractivity contribution is 6.04. The first-order chi connectivity index (χ1) is 8.97. The smallest absolute Gasteiger partial charge is 0.258 e. The third-order valence-corrected chi connectivity index (χ3v) is 3.13. The van der Waals surface area contributed by atoms with Crippen LogP contribution >= 0.6 is 0 Å². The molecule has 0 aromatic heterocycles. The van der Waals surface area contributed by atoms with E-state index in [4.69, 9.17) is 0 Å². The van der Waals surface area contributed by atoms with Crippen molar-refractivity contribution < 1.29 is 9.18 Å². The highest BCUT2D eigenvalue weighted by Crippen LogP contribution is 2.17. The monoisotopic (exact) mass is 257 g/mol. The lowest BCUT2D eigenvalue weighted by molar-refractivity contribution is 0.102. The molecule has 0 spiro atoms. The Morgan fingerprint density at radius 1 is 1.00 bits per heavy atom. The van der Waals surface area contributed by atoms with E-state index in [0.717, 1.165) is 16.7 Å². The molecule has 3 heteroatoms. The average molecular weight is 257 g/mol. The first-order valence-electron chi connectivity index (χ1n) is 6.12. The van der Waals surface area contributed by atoms with Crippen LogP contribution in [-0.2, 0) is 0 Å². The Morgan fingerprint density at radius 2 is 1.74 bits per heavy atom. The Labute approximate surface area is 112 Å². The van der Waals surface area contributed by atoms with Crippen molar-refractivity contribution in [2.45, 2.75) is 20.8 Å². The molecule has 0 aliphatic rings. The van der Waals surface area contributed by atoms with E-state index in [1.165, 1.54) is 6.07 Å². The summed E-state index contributed by atoms with van der Waals surface area (Å²) in [4.78, 5) is 12.0. The molecule has 98 valence electrons. The van der Waals surface area contributed by atoms with Gasteiger partial charge in [0.25, 0.3) is 5.91 Å². The first kappa shape index (κ1) is 13.3. The van der Waals surface area contributed by atoms with Gasteiger partial charge >= 0.3 is 0 Å². The Balaban J connectivity index is 2.25. The van der Waals surface area contributed by atoms with Crippen molar-refractivity contribution in [2.24, 2.45) is 0 Å². The molecular formula is C16H16FNO. The highest BCUT2D eigenvalue weighted by Gasteiger charge is 2.12. The van der Waals surface area contributed by atoms with E-state index < -0.39 is 11.7 Å². The van der Waals surface area contributed by atoms with Crippen LogP contribution in [0.5, 0.6) is 0 Å². The molecule has 1 amide bonds. The molecule has 0 saturated heterocycles. The highest BCUT2D eigenvalue weighted by atomic mass is 19.1. The fourth-order valence-electron chi connectivity index (χ4n) is 1.83. The van der Waals surface area contributed by atoms with E-state index in [0.29, 0.717) is 5.69 Å². The Hall–Kier alpha value is -2.16. The van der Waals surface area contributed by atoms with Crippen LogP contribution in [-0.4, -0.2) is 5.91 Å². The van der Waals surface area contributed by atoms with Gasteiger partial charge in [0, 0.05) is 5.69 Å². The minimum atomic E-state index is -0.507. The number of rotatable bonds is 2. The lowest BCUT2D eigenvalue weighted by atomic mass is 10.1. The predicted molar refractivity (Wildman–Crippen MR) is 75.0 cm³/mol. The maximum absolute atomic E-state index is 13.6. The van der Waals surface area contributed by atoms with Crippen molar-refractivity contribution in [3.8, 4) is 0 Å². The van der Waals surface area contributed by atoms with Crippen LogP contribution in [0.25, 0.3) is 0 Å². The molecule has 0 heterocycles. The van der Waals surface area contributed by atoms with Gasteiger partial charge in [-0.15, -0.1) is 0 Å². The number of nitrogens with one attached hydrogen (secondary N) is 1. The molecule has 19 heavy (non-hydrogen) atoms. The topological polar surface area (TPSA) is 29.1 Å². The second kappa shape index (κ2) is 5.22. The molecule has 0 atom stereocenters. The van der Waals surface area contributed by atoms with E-state index in [1.807, 2.05) is 39.0 Å². The minimum absolute atomic E-state index is 0.0678. The third-order valence-electron chi connectivity index (χ3n) is 3.13. The molecule has 2 aromatic carbocycles. The summed E-state index contributed by atoms with van der Waals surface area (Å²) in [5.74, 6) is -0.934. The van der Waals surface area contributed by atoms with Gasteiger partial charge in [0.1, 0.15) is 5.82 Å². The number of hydrogen-bond donors (Lipinski definition) is 1. The van der Waals surface area contributed by atoms with Gasteiger partial charge in [-0.3, -0.25) is 4.79 Å². The van der Waals surface area contributed by atoms with Crippen molar-refractivity contribution >= 4 is 11.6 Å². The number of carbonyl (C=O) groups is 1. The molecule has 0 saturated carbocycles. The van der Waals surface area contributed by atoms with Gasteiger partial charge in [0.15, 0.2) is 0 Å². The summed E-state index contributed by atoms with van der Waals surface area (Å²) in [5.41, 5.74) is 3.83. The molecular weight excluding hydrogens is 241 g/mol. The Kier molecular flexibility index (Phi) is 3.65. The van der Waals surface area contributed by atoms with Crippen molar-refractivity contribution in [1.29, 1.82) is 0 Å². The van der Waals surface area contributed by atoms with Crippen LogP contribution in [0.15, 0.2) is 36.4 Å². The van der Waals surface area contributed by atoms with Crippen LogP contribution in [0.1, 0.15) is 27.0 Å². The molecule has 0 unspecified atom stereocenters. The fraction of sp³-hybridized carbons (Fsp3) is 0.188. The summed E-state index contributed by atoms with van der Waals surface area (Å²) < 4.78 is 13.6. The SMILES string of the molecule is Cc1ccc(F)c(C(=O)Nc2ccc(C)c(C)c2)c1. The van der Waals surface area contributed by atoms with E-state index in [-0.39, 0.29) is 5.56 Å². The number of hydrogen-bond acceptors (Lipinski definition) is 1. The molecule has 1 N–H and O–H groups in total. The van der Waals surface area contributed by atoms with Crippen LogP contribution in [0.3, 0.4) is 0 Å². The maximum Gasteiger partial charge on any atom is 0.258 e. The lowest BCUT2D eigenvalue weighted by Crippen LogP contribution is -2.14. The number of aryl methyl sites for hydroxylation is 3. The third kappa shape index (κ3) is 2.99. The summed E-state index contributed by atoms with van der Waals surface area (Å²) in [6, 6.07) is 10.1. The van der Waals surface area contributed by atoms with Crippen molar-refractivity contribution in [3.05, 3.63) is 64.5 Å². The predicted octanol–water partition coefficient (Wildman–Crippen LogP) is 4.00. The summed E-state index contributed by atoms with van der Waals surface area (Å²) in [7, 11) is 0. The van der Waals surface area contributed by atoms with Crippen molar-refractivity contribution in [1.82, 2.24) is 0 Å². The Morgan fingerprint density at radius 3 is 2.42 bits per heavy atom. The largest absolute Gasteiger partial charge is 0.322 e. The van der Waals surface area contributed by atoms with E-state index in [2.05, 4.69) is 5.32 Å². The molecule has 0 fully saturated rings. The summed E-state index contributed by atoms with van der Waals surface area (Å²) in [5, 5.41) is 2.72. The van der Waals surface area contributed by atoms with Crippen LogP contribution in [0.4, 0.5) is 10.1 Å². The number of halogens is 1. The summed E-state index contributed by atoms with van der Waals surface area (Å²) in [6.45, 7) is 5.80. The summed E-state index contributed by atoms with van der Waals surface area (Å²) in [6.07, 6.45) is 0. The maximum atomic E-state index is 13.6. The molecule has 0 aliphatic heterocycles. The van der Waals surface area contributed by atoms with Gasteiger partial charge in [0.2, 0.25) is 0 Å². The van der Waals surface area contributed by atoms with E-state index in [9.17, 15) is 9.18 Å². The van der Waals surface area contributed by atoms with Gasteiger partial charge in [-0.05, 0) is 56.2 Å². The molecule has 0 aliphatic carbocycles. The quantitative estimate of drug-likeness (QED) is 0.865. The van der Waals surface area contributed by atoms with E-state index >= 15 is 0 Å². The minimum Gasteiger partial charge on any atom is -0.322 e. The number of anilines is 1. The number of carbonyl (C=O) groups excluding carboxylic acids is 1. The van der Waals surface area contributed by atoms with Crippen LogP contribution in [0, 0.1) is 26.6 Å². The molecule has 2 nitrogen and oxygen atoms in total. The van der Waals surface area contributed by atoms with Crippen LogP contribution in [0.2, 0.25) is 0 Å². The first-order valence-corrected chi connectivity index (χ1v) is 6.12. The zero-order valence-corrected chi connectivity index (χ0v) is 11.3. The second-order valence-corrected chi connectivity index (χ2v) is 4.74. The lowest BCUT2D eigenvalue weighted by Gasteiger charge is -2.09. The average Bonchev–Trinajstić information content (AvgIpc) is 2.36. The fourth-order valence-corrected chi connectivity index (χ4v) is 1.83. The standard InChI is InChI=1S/C16H16FNO/c1-10-4-7-15(17)14(8-10)16(19)18-13-6-5-11(2)12(3)9-13/h4-9H,1-3H3,(H,18,19). The molecule has 2 aromatic rings. The van der Waals surface area contributed by atoms with Crippen molar-refractivity contribution in [3.63, 3.8) is 0 Å². The second-order valence-electron chi connectivity index (χ2n) is 4.74. The molecule has 0 bridgehead atoms. The normalized spacial score (nSPS) is 10.3.